The van der Waals surface area contributed by atoms with E-state index in [-0.39, 0.29) is 5.82 Å². The highest BCUT2D eigenvalue weighted by Gasteiger charge is 2.32. The maximum atomic E-state index is 15.4. The second-order valence-corrected chi connectivity index (χ2v) is 12.2. The lowest BCUT2D eigenvalue weighted by molar-refractivity contribution is 0.106. The Hall–Kier alpha value is -5.94. The molecular weight excluding hydrogens is 581 g/mol. The van der Waals surface area contributed by atoms with Crippen molar-refractivity contribution in [3.8, 4) is 73.3 Å². The van der Waals surface area contributed by atoms with Crippen molar-refractivity contribution >= 4 is 0 Å². The van der Waals surface area contributed by atoms with Gasteiger partial charge in [-0.1, -0.05) is 115 Å². The lowest BCUT2D eigenvalue weighted by atomic mass is 9.85. The van der Waals surface area contributed by atoms with Crippen LogP contribution in [-0.2, 0) is 5.60 Å². The fraction of sp³-hybridized carbons (Fsp3) is 0.0714. The summed E-state index contributed by atoms with van der Waals surface area (Å²) in [7, 11) is 0. The molecule has 1 aliphatic heterocycles. The maximum Gasteiger partial charge on any atom is 0.164 e. The average Bonchev–Trinajstić information content (AvgIpc) is 3.11. The minimum Gasteiger partial charge on any atom is -0.482 e. The minimum atomic E-state index is -0.498. The van der Waals surface area contributed by atoms with Crippen LogP contribution in [0.5, 0.6) is 5.75 Å². The van der Waals surface area contributed by atoms with Gasteiger partial charge in [-0.2, -0.15) is 0 Å². The molecule has 226 valence electrons. The van der Waals surface area contributed by atoms with Gasteiger partial charge >= 0.3 is 0 Å². The first-order chi connectivity index (χ1) is 22.9. The van der Waals surface area contributed by atoms with E-state index >= 15 is 4.39 Å². The summed E-state index contributed by atoms with van der Waals surface area (Å²) in [4.78, 5) is 14.7. The van der Waals surface area contributed by atoms with Crippen molar-refractivity contribution in [2.75, 3.05) is 0 Å². The molecule has 1 aromatic heterocycles. The summed E-state index contributed by atoms with van der Waals surface area (Å²) in [6, 6.07) is 47.4. The number of ether oxygens (including phenoxy) is 1. The normalized spacial score (nSPS) is 12.9. The Morgan fingerprint density at radius 1 is 0.447 bits per heavy atom. The van der Waals surface area contributed by atoms with Crippen molar-refractivity contribution in [3.05, 3.63) is 157 Å². The Balaban J connectivity index is 1.24. The van der Waals surface area contributed by atoms with Gasteiger partial charge in [-0.15, -0.1) is 0 Å². The first-order valence-electron chi connectivity index (χ1n) is 15.6. The van der Waals surface area contributed by atoms with Gasteiger partial charge in [-0.3, -0.25) is 0 Å². The fourth-order valence-corrected chi connectivity index (χ4v) is 6.29. The second kappa shape index (κ2) is 11.5. The zero-order chi connectivity index (χ0) is 32.0. The molecule has 0 bridgehead atoms. The van der Waals surface area contributed by atoms with E-state index in [0.29, 0.717) is 28.6 Å². The lowest BCUT2D eigenvalue weighted by Crippen LogP contribution is -2.29. The zero-order valence-electron chi connectivity index (χ0n) is 26.0. The van der Waals surface area contributed by atoms with Crippen molar-refractivity contribution in [2.45, 2.75) is 19.4 Å². The van der Waals surface area contributed by atoms with Crippen molar-refractivity contribution in [3.63, 3.8) is 0 Å². The summed E-state index contributed by atoms with van der Waals surface area (Å²) in [5.41, 5.74) is 8.77. The first-order valence-corrected chi connectivity index (χ1v) is 15.6. The Kier molecular flexibility index (Phi) is 6.95. The fourth-order valence-electron chi connectivity index (χ4n) is 6.29. The van der Waals surface area contributed by atoms with Crippen LogP contribution < -0.4 is 4.74 Å². The minimum absolute atomic E-state index is 0.379. The van der Waals surface area contributed by atoms with Gasteiger partial charge in [0, 0.05) is 27.8 Å². The molecule has 0 spiro atoms. The van der Waals surface area contributed by atoms with Crippen LogP contribution >= 0.6 is 0 Å². The van der Waals surface area contributed by atoms with Crippen LogP contribution in [0.2, 0.25) is 0 Å². The van der Waals surface area contributed by atoms with E-state index in [2.05, 4.69) is 56.3 Å². The third-order valence-corrected chi connectivity index (χ3v) is 8.60. The van der Waals surface area contributed by atoms with Crippen LogP contribution in [0.15, 0.2) is 146 Å². The Bertz CT molecular complexity index is 2270. The predicted octanol–water partition coefficient (Wildman–Crippen LogP) is 10.6. The number of halogens is 1. The van der Waals surface area contributed by atoms with E-state index in [4.69, 9.17) is 19.7 Å². The van der Waals surface area contributed by atoms with E-state index in [0.717, 1.165) is 50.3 Å². The van der Waals surface area contributed by atoms with Gasteiger partial charge in [-0.05, 0) is 72.0 Å². The van der Waals surface area contributed by atoms with Crippen LogP contribution in [0.4, 0.5) is 4.39 Å². The number of rotatable bonds is 5. The third kappa shape index (κ3) is 5.46. The van der Waals surface area contributed by atoms with Crippen molar-refractivity contribution < 1.29 is 9.13 Å². The number of hydrogen-bond acceptors (Lipinski definition) is 4. The SMILES string of the molecule is CC1(C)Oc2cc(-c3cc(F)cc(-c4nc(-c5ccccc5)nc(-c5cccc(-c6ccccc6)c5)n4)c3)ccc2-c2ccccc21. The van der Waals surface area contributed by atoms with Gasteiger partial charge < -0.3 is 4.74 Å². The number of benzene rings is 6. The maximum absolute atomic E-state index is 15.4. The molecule has 6 aromatic carbocycles. The highest BCUT2D eigenvalue weighted by molar-refractivity contribution is 5.81. The molecular formula is C42H30FN3O. The smallest absolute Gasteiger partial charge is 0.164 e. The topological polar surface area (TPSA) is 47.9 Å². The zero-order valence-corrected chi connectivity index (χ0v) is 26.0. The second-order valence-electron chi connectivity index (χ2n) is 12.2. The number of fused-ring (bicyclic) bond motifs is 3. The lowest BCUT2D eigenvalue weighted by Gasteiger charge is -2.35. The summed E-state index contributed by atoms with van der Waals surface area (Å²) < 4.78 is 21.9. The van der Waals surface area contributed by atoms with Crippen molar-refractivity contribution in [2.24, 2.45) is 0 Å². The molecule has 0 amide bonds. The molecule has 0 atom stereocenters. The average molecular weight is 612 g/mol. The number of aromatic nitrogens is 3. The third-order valence-electron chi connectivity index (χ3n) is 8.60. The van der Waals surface area contributed by atoms with Gasteiger partial charge in [-0.25, -0.2) is 19.3 Å². The largest absolute Gasteiger partial charge is 0.482 e. The van der Waals surface area contributed by atoms with E-state index in [9.17, 15) is 0 Å². The standard InChI is InChI=1S/C42H30FN3O/c1-42(2)37-19-10-9-18-35(37)36-21-20-30(26-38(36)47-42)32-23-33(25-34(43)24-32)41-45-39(28-14-7-4-8-15-28)44-40(46-41)31-17-11-16-29(22-31)27-12-5-3-6-13-27/h3-26H,1-2H3. The molecule has 0 fully saturated rings. The molecule has 5 heteroatoms. The Morgan fingerprint density at radius 2 is 1.00 bits per heavy atom. The van der Waals surface area contributed by atoms with Gasteiger partial charge in [0.2, 0.25) is 0 Å². The quantitative estimate of drug-likeness (QED) is 0.194. The molecule has 47 heavy (non-hydrogen) atoms. The van der Waals surface area contributed by atoms with E-state index in [1.165, 1.54) is 12.1 Å². The molecule has 0 saturated heterocycles. The summed E-state index contributed by atoms with van der Waals surface area (Å²) >= 11 is 0. The molecule has 1 aliphatic rings. The van der Waals surface area contributed by atoms with Crippen LogP contribution in [0, 0.1) is 5.82 Å². The van der Waals surface area contributed by atoms with Gasteiger partial charge in [0.05, 0.1) is 0 Å². The van der Waals surface area contributed by atoms with Crippen molar-refractivity contribution in [1.82, 2.24) is 15.0 Å². The molecule has 2 heterocycles. The molecule has 0 unspecified atom stereocenters. The van der Waals surface area contributed by atoms with E-state index in [1.807, 2.05) is 91.0 Å². The van der Waals surface area contributed by atoms with Crippen LogP contribution in [-0.4, -0.2) is 15.0 Å². The Morgan fingerprint density at radius 3 is 1.77 bits per heavy atom. The highest BCUT2D eigenvalue weighted by atomic mass is 19.1. The predicted molar refractivity (Wildman–Crippen MR) is 186 cm³/mol. The monoisotopic (exact) mass is 611 g/mol. The molecule has 4 nitrogen and oxygen atoms in total. The van der Waals surface area contributed by atoms with Gasteiger partial charge in [0.15, 0.2) is 17.5 Å². The molecule has 0 N–H and O–H groups in total. The van der Waals surface area contributed by atoms with Crippen LogP contribution in [0.25, 0.3) is 67.5 Å². The molecule has 0 radical (unpaired) electrons. The van der Waals surface area contributed by atoms with Crippen LogP contribution in [0.1, 0.15) is 19.4 Å². The van der Waals surface area contributed by atoms with E-state index in [1.54, 1.807) is 0 Å². The van der Waals surface area contributed by atoms with E-state index < -0.39 is 5.60 Å². The number of nitrogens with zero attached hydrogens (tertiary/aromatic N) is 3. The van der Waals surface area contributed by atoms with Gasteiger partial charge in [0.25, 0.3) is 0 Å². The highest BCUT2D eigenvalue weighted by Crippen LogP contribution is 2.46. The van der Waals surface area contributed by atoms with Crippen molar-refractivity contribution in [1.29, 1.82) is 0 Å². The molecule has 8 rings (SSSR count). The first kappa shape index (κ1) is 28.5. The molecule has 0 saturated carbocycles. The molecule has 0 aliphatic carbocycles. The number of hydrogen-bond donors (Lipinski definition) is 0. The Labute approximate surface area is 273 Å². The summed E-state index contributed by atoms with van der Waals surface area (Å²) in [6.45, 7) is 4.14. The summed E-state index contributed by atoms with van der Waals surface area (Å²) in [6.07, 6.45) is 0. The summed E-state index contributed by atoms with van der Waals surface area (Å²) in [5.74, 6) is 1.81. The van der Waals surface area contributed by atoms with Crippen LogP contribution in [0.3, 0.4) is 0 Å². The van der Waals surface area contributed by atoms with Gasteiger partial charge in [0.1, 0.15) is 17.2 Å². The summed E-state index contributed by atoms with van der Waals surface area (Å²) in [5, 5.41) is 0. The molecule has 7 aromatic rings.